The van der Waals surface area contributed by atoms with Crippen molar-refractivity contribution >= 4 is 51.9 Å². The van der Waals surface area contributed by atoms with Crippen LogP contribution in [0.5, 0.6) is 11.5 Å². The van der Waals surface area contributed by atoms with E-state index in [9.17, 15) is 27.6 Å². The molecule has 1 N–H and O–H groups in total. The number of benzene rings is 1. The molecule has 7 atom stereocenters. The van der Waals surface area contributed by atoms with E-state index in [1.54, 1.807) is 19.1 Å². The molecule has 1 spiro atoms. The lowest BCUT2D eigenvalue weighted by Crippen LogP contribution is -2.54. The number of halogens is 5. The molecule has 9 nitrogen and oxygen atoms in total. The van der Waals surface area contributed by atoms with Crippen molar-refractivity contribution in [3.8, 4) is 11.5 Å². The number of nitrogens with one attached hydrogen (secondary N) is 1. The molecule has 1 saturated heterocycles. The Morgan fingerprint density at radius 3 is 2.69 bits per heavy atom. The number of esters is 1. The van der Waals surface area contributed by atoms with Gasteiger partial charge in [0.2, 0.25) is 11.8 Å². The fourth-order valence-corrected chi connectivity index (χ4v) is 8.18. The molecule has 2 amide bonds. The lowest BCUT2D eigenvalue weighted by molar-refractivity contribution is -0.150. The zero-order valence-electron chi connectivity index (χ0n) is 27.6. The lowest BCUT2D eigenvalue weighted by atomic mass is 9.86. The molecule has 4 aliphatic rings. The summed E-state index contributed by atoms with van der Waals surface area (Å²) < 4.78 is 59.8. The molecule has 1 aliphatic carbocycles. The predicted octanol–water partition coefficient (Wildman–Crippen LogP) is 7.08. The maximum atomic E-state index is 14.2. The molecule has 0 radical (unpaired) electrons. The molecular formula is C35H40Cl2F3N3O6. The molecule has 2 unspecified atom stereocenters. The summed E-state index contributed by atoms with van der Waals surface area (Å²) in [5.74, 6) is -1.89. The molecule has 14 heteroatoms. The van der Waals surface area contributed by atoms with E-state index in [0.717, 1.165) is 25.7 Å². The summed E-state index contributed by atoms with van der Waals surface area (Å²) in [6.07, 6.45) is 3.48. The summed E-state index contributed by atoms with van der Waals surface area (Å²) >= 11 is 13.1. The number of rotatable bonds is 4. The minimum atomic E-state index is -4.87. The Balaban J connectivity index is 1.42. The van der Waals surface area contributed by atoms with E-state index in [1.807, 2.05) is 19.1 Å². The number of methoxy groups -OCH3 is 1. The van der Waals surface area contributed by atoms with E-state index in [-0.39, 0.29) is 54.6 Å². The summed E-state index contributed by atoms with van der Waals surface area (Å²) in [4.78, 5) is 47.3. The van der Waals surface area contributed by atoms with Gasteiger partial charge in [0, 0.05) is 35.6 Å². The normalized spacial score (nSPS) is 31.7. The molecule has 0 bridgehead atoms. The van der Waals surface area contributed by atoms with E-state index in [1.165, 1.54) is 18.1 Å². The van der Waals surface area contributed by atoms with Gasteiger partial charge in [-0.1, -0.05) is 31.9 Å². The lowest BCUT2D eigenvalue weighted by Gasteiger charge is -2.39. The van der Waals surface area contributed by atoms with E-state index in [4.69, 9.17) is 37.4 Å². The molecule has 49 heavy (non-hydrogen) atoms. The third-order valence-electron chi connectivity index (χ3n) is 10.2. The SMILES string of the molecule is CCOC(=O)[C@@]12C[C@H]1/C=C\CCCCC[C@H](C)C(=O)N1C[C@@]3(CC(Cl)c4c(c(C(Cl)C(F)(F)F)nc5ccc(OC)cc45)O3)C[C@H]1C(=O)N2. The number of allylic oxidation sites excluding steroid dienone is 1. The van der Waals surface area contributed by atoms with Gasteiger partial charge in [0.15, 0.2) is 5.38 Å². The van der Waals surface area contributed by atoms with Gasteiger partial charge in [0.05, 0.1) is 31.2 Å². The van der Waals surface area contributed by atoms with Crippen molar-refractivity contribution in [2.45, 2.75) is 99.3 Å². The Morgan fingerprint density at radius 1 is 1.20 bits per heavy atom. The van der Waals surface area contributed by atoms with Gasteiger partial charge in [-0.2, -0.15) is 13.2 Å². The molecule has 3 aliphatic heterocycles. The topological polar surface area (TPSA) is 107 Å². The number of nitrogens with zero attached hydrogens (tertiary/aromatic N) is 2. The molecule has 1 saturated carbocycles. The number of aromatic nitrogens is 1. The highest BCUT2D eigenvalue weighted by Gasteiger charge is 2.63. The van der Waals surface area contributed by atoms with Gasteiger partial charge < -0.3 is 24.4 Å². The molecule has 2 fully saturated rings. The van der Waals surface area contributed by atoms with Crippen LogP contribution in [-0.4, -0.2) is 71.3 Å². The number of fused-ring (bicyclic) bond motifs is 5. The first kappa shape index (κ1) is 35.6. The van der Waals surface area contributed by atoms with Gasteiger partial charge in [0.25, 0.3) is 0 Å². The smallest absolute Gasteiger partial charge is 0.410 e. The number of hydrogen-bond donors (Lipinski definition) is 1. The molecule has 1 aromatic heterocycles. The molecule has 266 valence electrons. The molecule has 6 rings (SSSR count). The number of amides is 2. The number of alkyl halides is 5. The molecule has 2 aromatic rings. The zero-order valence-corrected chi connectivity index (χ0v) is 29.1. The summed E-state index contributed by atoms with van der Waals surface area (Å²) in [6.45, 7) is 3.51. The van der Waals surface area contributed by atoms with Crippen molar-refractivity contribution in [1.82, 2.24) is 15.2 Å². The van der Waals surface area contributed by atoms with Crippen molar-refractivity contribution in [3.05, 3.63) is 41.6 Å². The average Bonchev–Trinajstić information content (AvgIpc) is 3.64. The standard InChI is InChI=1S/C35H40Cl2F3N3O6/c1-4-48-32(46)34-15-20(34)11-9-7-5-6-8-10-19(2)31(45)43-18-33(17-25(43)30(44)42-34)16-23(36)26-22-14-21(47-3)12-13-24(22)41-27(28(26)49-33)29(37)35(38,39)40/h9,11-14,19-20,23,25,29H,4-8,10,15-18H2,1-3H3,(H,42,44)/b11-9-/t19-,20+,23?,25-,29?,33+,34+/m0/s1. The first-order chi connectivity index (χ1) is 23.2. The number of ether oxygens (including phenoxy) is 3. The Labute approximate surface area is 292 Å². The van der Waals surface area contributed by atoms with Crippen molar-refractivity contribution in [1.29, 1.82) is 0 Å². The highest BCUT2D eigenvalue weighted by atomic mass is 35.5. The Morgan fingerprint density at radius 2 is 1.98 bits per heavy atom. The van der Waals surface area contributed by atoms with Crippen molar-refractivity contribution in [3.63, 3.8) is 0 Å². The van der Waals surface area contributed by atoms with Crippen LogP contribution in [0.3, 0.4) is 0 Å². The summed E-state index contributed by atoms with van der Waals surface area (Å²) in [5.41, 5.74) is -2.66. The van der Waals surface area contributed by atoms with Crippen LogP contribution in [0.1, 0.15) is 87.2 Å². The zero-order chi connectivity index (χ0) is 35.3. The maximum absolute atomic E-state index is 14.2. The number of pyridine rings is 1. The minimum absolute atomic E-state index is 0.0755. The van der Waals surface area contributed by atoms with Gasteiger partial charge in [-0.3, -0.25) is 9.59 Å². The molecular weight excluding hydrogens is 686 g/mol. The van der Waals surface area contributed by atoms with Gasteiger partial charge in [0.1, 0.15) is 34.4 Å². The summed E-state index contributed by atoms with van der Waals surface area (Å²) in [5, 5.41) is -0.0471. The predicted molar refractivity (Wildman–Crippen MR) is 177 cm³/mol. The van der Waals surface area contributed by atoms with E-state index >= 15 is 0 Å². The van der Waals surface area contributed by atoms with Gasteiger partial charge in [-0.05, 0) is 50.8 Å². The van der Waals surface area contributed by atoms with E-state index in [0.29, 0.717) is 24.0 Å². The van der Waals surface area contributed by atoms with Gasteiger partial charge >= 0.3 is 12.1 Å². The number of hydrogen-bond acceptors (Lipinski definition) is 7. The summed E-state index contributed by atoms with van der Waals surface area (Å²) in [6, 6.07) is 3.65. The first-order valence-corrected chi connectivity index (χ1v) is 17.6. The van der Waals surface area contributed by atoms with Gasteiger partial charge in [-0.25, -0.2) is 9.78 Å². The fraction of sp³-hybridized carbons (Fsp3) is 0.600. The summed E-state index contributed by atoms with van der Waals surface area (Å²) in [7, 11) is 1.46. The van der Waals surface area contributed by atoms with Crippen molar-refractivity contribution < 1.29 is 41.8 Å². The second-order valence-electron chi connectivity index (χ2n) is 13.6. The monoisotopic (exact) mass is 725 g/mol. The number of carbonyl (C=O) groups is 3. The molecule has 4 heterocycles. The van der Waals surface area contributed by atoms with Crippen LogP contribution in [0.2, 0.25) is 0 Å². The van der Waals surface area contributed by atoms with Crippen LogP contribution in [0.15, 0.2) is 30.4 Å². The second kappa shape index (κ2) is 13.5. The molecule has 1 aromatic carbocycles. The Bertz CT molecular complexity index is 1670. The fourth-order valence-electron chi connectivity index (χ4n) is 7.53. The average molecular weight is 727 g/mol. The highest BCUT2D eigenvalue weighted by molar-refractivity contribution is 6.23. The Kier molecular flexibility index (Phi) is 9.78. The van der Waals surface area contributed by atoms with Crippen LogP contribution in [0.4, 0.5) is 13.2 Å². The first-order valence-electron chi connectivity index (χ1n) is 16.8. The minimum Gasteiger partial charge on any atom is -0.497 e. The van der Waals surface area contributed by atoms with E-state index < -0.39 is 57.6 Å². The quantitative estimate of drug-likeness (QED) is 0.204. The van der Waals surface area contributed by atoms with Gasteiger partial charge in [-0.15, -0.1) is 23.2 Å². The third-order valence-corrected chi connectivity index (χ3v) is 11.0. The van der Waals surface area contributed by atoms with Crippen LogP contribution in [0, 0.1) is 11.8 Å². The third kappa shape index (κ3) is 6.67. The number of carbonyl (C=O) groups excluding carboxylic acids is 3. The largest absolute Gasteiger partial charge is 0.497 e. The highest BCUT2D eigenvalue weighted by Crippen LogP contribution is 2.55. The van der Waals surface area contributed by atoms with Crippen LogP contribution >= 0.6 is 23.2 Å². The van der Waals surface area contributed by atoms with Crippen molar-refractivity contribution in [2.75, 3.05) is 20.3 Å². The van der Waals surface area contributed by atoms with Crippen molar-refractivity contribution in [2.24, 2.45) is 11.8 Å². The second-order valence-corrected chi connectivity index (χ2v) is 14.6. The van der Waals surface area contributed by atoms with Crippen LogP contribution in [-0.2, 0) is 19.1 Å². The van der Waals surface area contributed by atoms with Crippen LogP contribution in [0.25, 0.3) is 10.9 Å². The maximum Gasteiger partial charge on any atom is 0.410 e. The Hall–Kier alpha value is -3.25. The van der Waals surface area contributed by atoms with E-state index in [2.05, 4.69) is 10.3 Å². The van der Waals surface area contributed by atoms with Crippen LogP contribution < -0.4 is 14.8 Å².